The molecule has 0 saturated carbocycles. The molecule has 6 nitrogen and oxygen atoms in total. The van der Waals surface area contributed by atoms with Crippen molar-refractivity contribution in [2.24, 2.45) is 5.92 Å². The van der Waals surface area contributed by atoms with Crippen LogP contribution in [0.3, 0.4) is 0 Å². The molecule has 9 heteroatoms. The SMILES string of the molecule is COc1c(Cl)ccc(-c2cc(N)c(Cl)c(C(=O)NOCC(C)C)n2)c1F. The molecule has 0 atom stereocenters. The van der Waals surface area contributed by atoms with Gasteiger partial charge in [-0.15, -0.1) is 0 Å². The van der Waals surface area contributed by atoms with Crippen LogP contribution >= 0.6 is 23.2 Å². The number of nitrogens with zero attached hydrogens (tertiary/aromatic N) is 1. The number of rotatable bonds is 6. The van der Waals surface area contributed by atoms with Gasteiger partial charge in [0.1, 0.15) is 0 Å². The molecule has 0 radical (unpaired) electrons. The highest BCUT2D eigenvalue weighted by Gasteiger charge is 2.21. The number of hydrogen-bond acceptors (Lipinski definition) is 5. The second-order valence-electron chi connectivity index (χ2n) is 5.84. The first-order chi connectivity index (χ1) is 12.3. The number of benzene rings is 1. The summed E-state index contributed by atoms with van der Waals surface area (Å²) in [7, 11) is 1.29. The molecule has 0 spiro atoms. The minimum Gasteiger partial charge on any atom is -0.492 e. The van der Waals surface area contributed by atoms with Gasteiger partial charge in [-0.2, -0.15) is 0 Å². The summed E-state index contributed by atoms with van der Waals surface area (Å²) in [6, 6.07) is 4.23. The number of nitrogens with one attached hydrogen (secondary N) is 1. The van der Waals surface area contributed by atoms with Crippen LogP contribution in [-0.4, -0.2) is 24.6 Å². The van der Waals surface area contributed by atoms with Gasteiger partial charge in [0.15, 0.2) is 17.3 Å². The number of nitrogens with two attached hydrogens (primary N) is 1. The van der Waals surface area contributed by atoms with E-state index in [0.717, 1.165) is 0 Å². The van der Waals surface area contributed by atoms with Gasteiger partial charge in [-0.25, -0.2) is 14.9 Å². The number of nitrogen functional groups attached to an aromatic ring is 1. The second-order valence-corrected chi connectivity index (χ2v) is 6.62. The number of methoxy groups -OCH3 is 1. The molecule has 0 bridgehead atoms. The standard InChI is InChI=1S/C17H18Cl2FN3O3/c1-8(2)7-26-23-17(24)15-13(19)11(21)6-12(22-15)9-4-5-10(18)16(25-3)14(9)20/h4-6,8H,7H2,1-3H3,(H2,21,22)(H,23,24). The summed E-state index contributed by atoms with van der Waals surface area (Å²) in [5.41, 5.74) is 8.15. The second kappa shape index (κ2) is 8.53. The minimum atomic E-state index is -0.725. The zero-order valence-corrected chi connectivity index (χ0v) is 15.9. The van der Waals surface area contributed by atoms with E-state index in [2.05, 4.69) is 10.5 Å². The third-order valence-corrected chi connectivity index (χ3v) is 4.01. The van der Waals surface area contributed by atoms with Crippen molar-refractivity contribution >= 4 is 34.8 Å². The topological polar surface area (TPSA) is 86.5 Å². The lowest BCUT2D eigenvalue weighted by Crippen LogP contribution is -2.27. The van der Waals surface area contributed by atoms with Crippen LogP contribution in [0, 0.1) is 11.7 Å². The van der Waals surface area contributed by atoms with Crippen LogP contribution in [0.4, 0.5) is 10.1 Å². The van der Waals surface area contributed by atoms with Crippen molar-refractivity contribution in [1.82, 2.24) is 10.5 Å². The van der Waals surface area contributed by atoms with Crippen molar-refractivity contribution in [2.45, 2.75) is 13.8 Å². The lowest BCUT2D eigenvalue weighted by molar-refractivity contribution is 0.0205. The molecule has 26 heavy (non-hydrogen) atoms. The normalized spacial score (nSPS) is 10.9. The highest BCUT2D eigenvalue weighted by atomic mass is 35.5. The molecule has 0 unspecified atom stereocenters. The molecule has 2 rings (SSSR count). The highest BCUT2D eigenvalue weighted by Crippen LogP contribution is 2.36. The number of carbonyl (C=O) groups excluding carboxylic acids is 1. The maximum Gasteiger partial charge on any atom is 0.295 e. The van der Waals surface area contributed by atoms with E-state index in [9.17, 15) is 9.18 Å². The summed E-state index contributed by atoms with van der Waals surface area (Å²) in [6.07, 6.45) is 0. The number of ether oxygens (including phenoxy) is 1. The molecule has 1 amide bonds. The zero-order chi connectivity index (χ0) is 19.4. The summed E-state index contributed by atoms with van der Waals surface area (Å²) in [5.74, 6) is -1.33. The van der Waals surface area contributed by atoms with Crippen LogP contribution in [-0.2, 0) is 4.84 Å². The van der Waals surface area contributed by atoms with Crippen molar-refractivity contribution in [3.8, 4) is 17.0 Å². The summed E-state index contributed by atoms with van der Waals surface area (Å²) in [5, 5.41) is 0.0523. The number of halogens is 3. The summed E-state index contributed by atoms with van der Waals surface area (Å²) < 4.78 is 19.6. The van der Waals surface area contributed by atoms with Crippen LogP contribution in [0.2, 0.25) is 10.0 Å². The van der Waals surface area contributed by atoms with Gasteiger partial charge >= 0.3 is 0 Å². The van der Waals surface area contributed by atoms with Crippen molar-refractivity contribution in [1.29, 1.82) is 0 Å². The maximum atomic E-state index is 14.6. The van der Waals surface area contributed by atoms with Crippen molar-refractivity contribution in [2.75, 3.05) is 19.5 Å². The van der Waals surface area contributed by atoms with Gasteiger partial charge in [0.05, 0.1) is 35.1 Å². The molecule has 1 aromatic heterocycles. The molecular weight excluding hydrogens is 384 g/mol. The Kier molecular flexibility index (Phi) is 6.63. The molecule has 1 aromatic carbocycles. The van der Waals surface area contributed by atoms with E-state index in [1.807, 2.05) is 13.8 Å². The zero-order valence-electron chi connectivity index (χ0n) is 14.4. The molecule has 140 valence electrons. The Morgan fingerprint density at radius 1 is 1.38 bits per heavy atom. The largest absolute Gasteiger partial charge is 0.492 e. The Bertz CT molecular complexity index is 831. The van der Waals surface area contributed by atoms with E-state index in [-0.39, 0.29) is 44.4 Å². The van der Waals surface area contributed by atoms with E-state index in [1.165, 1.54) is 25.3 Å². The van der Waals surface area contributed by atoms with E-state index in [4.69, 9.17) is 38.5 Å². The number of hydroxylamine groups is 1. The molecule has 0 aliphatic rings. The smallest absolute Gasteiger partial charge is 0.295 e. The molecule has 2 aromatic rings. The first kappa shape index (κ1) is 20.2. The molecule has 0 aliphatic carbocycles. The van der Waals surface area contributed by atoms with Gasteiger partial charge in [-0.1, -0.05) is 37.0 Å². The number of carbonyl (C=O) groups is 1. The lowest BCUT2D eigenvalue weighted by atomic mass is 10.1. The third kappa shape index (κ3) is 4.35. The Morgan fingerprint density at radius 2 is 2.08 bits per heavy atom. The van der Waals surface area contributed by atoms with E-state index < -0.39 is 11.7 Å². The van der Waals surface area contributed by atoms with E-state index in [1.54, 1.807) is 0 Å². The predicted molar refractivity (Wildman–Crippen MR) is 98.9 cm³/mol. The van der Waals surface area contributed by atoms with Crippen molar-refractivity contribution < 1.29 is 18.8 Å². The fourth-order valence-corrected chi connectivity index (χ4v) is 2.48. The van der Waals surface area contributed by atoms with Crippen LogP contribution < -0.4 is 16.0 Å². The minimum absolute atomic E-state index is 0.0549. The van der Waals surface area contributed by atoms with Gasteiger partial charge in [0.2, 0.25) is 0 Å². The monoisotopic (exact) mass is 401 g/mol. The molecule has 1 heterocycles. The quantitative estimate of drug-likeness (QED) is 0.711. The van der Waals surface area contributed by atoms with Crippen LogP contribution in [0.5, 0.6) is 5.75 Å². The highest BCUT2D eigenvalue weighted by molar-refractivity contribution is 6.36. The van der Waals surface area contributed by atoms with Gasteiger partial charge in [0, 0.05) is 5.56 Å². The Morgan fingerprint density at radius 3 is 2.69 bits per heavy atom. The van der Waals surface area contributed by atoms with Gasteiger partial charge < -0.3 is 10.5 Å². The number of hydrogen-bond donors (Lipinski definition) is 2. The van der Waals surface area contributed by atoms with Gasteiger partial charge in [-0.05, 0) is 24.1 Å². The average Bonchev–Trinajstić information content (AvgIpc) is 2.57. The molecule has 0 saturated heterocycles. The van der Waals surface area contributed by atoms with Gasteiger partial charge in [0.25, 0.3) is 5.91 Å². The third-order valence-electron chi connectivity index (χ3n) is 3.31. The van der Waals surface area contributed by atoms with Crippen molar-refractivity contribution in [3.63, 3.8) is 0 Å². The molecular formula is C17H18Cl2FN3O3. The molecule has 3 N–H and O–H groups in total. The molecule has 0 fully saturated rings. The summed E-state index contributed by atoms with van der Waals surface area (Å²) >= 11 is 12.0. The Balaban J connectivity index is 2.44. The van der Waals surface area contributed by atoms with E-state index in [0.29, 0.717) is 6.61 Å². The predicted octanol–water partition coefficient (Wildman–Crippen LogP) is 4.10. The fourth-order valence-electron chi connectivity index (χ4n) is 2.08. The first-order valence-corrected chi connectivity index (χ1v) is 8.42. The summed E-state index contributed by atoms with van der Waals surface area (Å²) in [4.78, 5) is 21.5. The Hall–Kier alpha value is -2.09. The number of aromatic nitrogens is 1. The fraction of sp³-hybridized carbons (Fsp3) is 0.294. The van der Waals surface area contributed by atoms with Crippen LogP contribution in [0.1, 0.15) is 24.3 Å². The first-order valence-electron chi connectivity index (χ1n) is 7.66. The number of anilines is 1. The van der Waals surface area contributed by atoms with Crippen molar-refractivity contribution in [3.05, 3.63) is 39.8 Å². The Labute approximate surface area is 160 Å². The van der Waals surface area contributed by atoms with E-state index >= 15 is 0 Å². The average molecular weight is 402 g/mol. The van der Waals surface area contributed by atoms with Gasteiger partial charge in [-0.3, -0.25) is 9.63 Å². The van der Waals surface area contributed by atoms with Crippen LogP contribution in [0.25, 0.3) is 11.3 Å². The maximum absolute atomic E-state index is 14.6. The van der Waals surface area contributed by atoms with Crippen LogP contribution in [0.15, 0.2) is 18.2 Å². The number of pyridine rings is 1. The summed E-state index contributed by atoms with van der Waals surface area (Å²) in [6.45, 7) is 4.15. The number of amides is 1. The molecule has 0 aliphatic heterocycles. The lowest BCUT2D eigenvalue weighted by Gasteiger charge is -2.13.